The van der Waals surface area contributed by atoms with E-state index in [4.69, 9.17) is 10.8 Å². The fourth-order valence-corrected chi connectivity index (χ4v) is 2.00. The molecule has 1 heterocycles. The molecule has 0 aliphatic carbocycles. The normalized spacial score (nSPS) is 19.1. The molecule has 6 heteroatoms. The Bertz CT molecular complexity index is 165. The van der Waals surface area contributed by atoms with E-state index in [0.29, 0.717) is 0 Å². The van der Waals surface area contributed by atoms with Crippen LogP contribution in [-0.4, -0.2) is 53.2 Å². The molecule has 1 unspecified atom stereocenters. The van der Waals surface area contributed by atoms with Gasteiger partial charge in [-0.05, 0) is 0 Å². The molecule has 1 aliphatic rings. The number of amides is 1. The van der Waals surface area contributed by atoms with Crippen LogP contribution in [0.4, 0.5) is 0 Å². The van der Waals surface area contributed by atoms with Crippen LogP contribution in [0.25, 0.3) is 0 Å². The van der Waals surface area contributed by atoms with Gasteiger partial charge in [-0.3, -0.25) is 4.79 Å². The molecule has 0 bridgehead atoms. The van der Waals surface area contributed by atoms with E-state index in [1.165, 1.54) is 0 Å². The minimum atomic E-state index is -0.729. The Morgan fingerprint density at radius 2 is 2.08 bits per heavy atom. The predicted molar refractivity (Wildman–Crippen MR) is 56.2 cm³/mol. The predicted octanol–water partition coefficient (Wildman–Crippen LogP) is -0.697. The Hall–Kier alpha value is 0.0300. The number of carbonyl (C=O) groups excluding carboxylic acids is 1. The lowest BCUT2D eigenvalue weighted by atomic mass is 10.3. The summed E-state index contributed by atoms with van der Waals surface area (Å²) in [7, 11) is 0. The van der Waals surface area contributed by atoms with Crippen LogP contribution in [0.3, 0.4) is 0 Å². The molecule has 1 rings (SSSR count). The summed E-state index contributed by atoms with van der Waals surface area (Å²) < 4.78 is 0. The number of hydrogen-bond donors (Lipinski definition) is 2. The Balaban J connectivity index is 0.00000144. The van der Waals surface area contributed by atoms with Crippen molar-refractivity contribution in [1.29, 1.82) is 0 Å². The molecule has 0 aromatic rings. The fourth-order valence-electron chi connectivity index (χ4n) is 1.10. The highest BCUT2D eigenvalue weighted by molar-refractivity contribution is 7.99. The third kappa shape index (κ3) is 3.72. The third-order valence-corrected chi connectivity index (χ3v) is 2.78. The first-order chi connectivity index (χ1) is 5.75. The van der Waals surface area contributed by atoms with Crippen molar-refractivity contribution in [3.8, 4) is 0 Å². The quantitative estimate of drug-likeness (QED) is 0.654. The first kappa shape index (κ1) is 13.0. The molecule has 0 aromatic carbocycles. The highest BCUT2D eigenvalue weighted by Gasteiger charge is 2.21. The average Bonchev–Trinajstić information content (AvgIpc) is 2.17. The van der Waals surface area contributed by atoms with E-state index in [0.717, 1.165) is 24.6 Å². The summed E-state index contributed by atoms with van der Waals surface area (Å²) in [5, 5.41) is 8.66. The van der Waals surface area contributed by atoms with Gasteiger partial charge in [-0.15, -0.1) is 12.4 Å². The van der Waals surface area contributed by atoms with Crippen molar-refractivity contribution < 1.29 is 9.90 Å². The smallest absolute Gasteiger partial charge is 0.241 e. The summed E-state index contributed by atoms with van der Waals surface area (Å²) in [4.78, 5) is 13.1. The highest BCUT2D eigenvalue weighted by Crippen LogP contribution is 2.09. The van der Waals surface area contributed by atoms with Crippen LogP contribution >= 0.6 is 24.2 Å². The van der Waals surface area contributed by atoms with Crippen molar-refractivity contribution in [3.05, 3.63) is 0 Å². The second kappa shape index (κ2) is 6.48. The SMILES string of the molecule is Cl.NC(CO)C(=O)N1CCSCC1. The van der Waals surface area contributed by atoms with Crippen molar-refractivity contribution in [2.45, 2.75) is 6.04 Å². The molecule has 0 aromatic heterocycles. The van der Waals surface area contributed by atoms with Crippen LogP contribution in [0.2, 0.25) is 0 Å². The lowest BCUT2D eigenvalue weighted by Crippen LogP contribution is -2.48. The minimum Gasteiger partial charge on any atom is -0.394 e. The zero-order valence-electron chi connectivity index (χ0n) is 7.31. The molecule has 4 nitrogen and oxygen atoms in total. The van der Waals surface area contributed by atoms with E-state index >= 15 is 0 Å². The summed E-state index contributed by atoms with van der Waals surface area (Å²) >= 11 is 1.84. The van der Waals surface area contributed by atoms with Gasteiger partial charge in [-0.2, -0.15) is 11.8 Å². The Kier molecular flexibility index (Phi) is 6.49. The Labute approximate surface area is 88.3 Å². The average molecular weight is 227 g/mol. The lowest BCUT2D eigenvalue weighted by Gasteiger charge is -2.28. The van der Waals surface area contributed by atoms with E-state index in [9.17, 15) is 4.79 Å². The summed E-state index contributed by atoms with van der Waals surface area (Å²) in [5.41, 5.74) is 5.40. The van der Waals surface area contributed by atoms with E-state index < -0.39 is 6.04 Å². The van der Waals surface area contributed by atoms with Gasteiger partial charge in [-0.25, -0.2) is 0 Å². The summed E-state index contributed by atoms with van der Waals surface area (Å²) in [6.07, 6.45) is 0. The van der Waals surface area contributed by atoms with Gasteiger partial charge in [0.15, 0.2) is 0 Å². The number of hydrogen-bond acceptors (Lipinski definition) is 4. The molecular weight excluding hydrogens is 212 g/mol. The van der Waals surface area contributed by atoms with E-state index in [1.807, 2.05) is 11.8 Å². The topological polar surface area (TPSA) is 66.6 Å². The van der Waals surface area contributed by atoms with Gasteiger partial charge in [-0.1, -0.05) is 0 Å². The molecule has 1 saturated heterocycles. The first-order valence-corrected chi connectivity index (χ1v) is 5.14. The number of nitrogens with two attached hydrogens (primary N) is 1. The molecule has 0 radical (unpaired) electrons. The molecule has 1 fully saturated rings. The molecule has 13 heavy (non-hydrogen) atoms. The number of carbonyl (C=O) groups is 1. The number of aliphatic hydroxyl groups excluding tert-OH is 1. The Morgan fingerprint density at radius 3 is 2.54 bits per heavy atom. The maximum Gasteiger partial charge on any atom is 0.241 e. The molecule has 78 valence electrons. The van der Waals surface area contributed by atoms with Crippen molar-refractivity contribution in [2.24, 2.45) is 5.73 Å². The van der Waals surface area contributed by atoms with Gasteiger partial charge in [0, 0.05) is 24.6 Å². The molecule has 0 saturated carbocycles. The van der Waals surface area contributed by atoms with Crippen molar-refractivity contribution in [3.63, 3.8) is 0 Å². The second-order valence-corrected chi connectivity index (χ2v) is 3.95. The molecule has 1 aliphatic heterocycles. The van der Waals surface area contributed by atoms with E-state index in [-0.39, 0.29) is 24.9 Å². The zero-order valence-corrected chi connectivity index (χ0v) is 8.94. The second-order valence-electron chi connectivity index (χ2n) is 2.73. The van der Waals surface area contributed by atoms with Crippen LogP contribution in [0.15, 0.2) is 0 Å². The lowest BCUT2D eigenvalue weighted by molar-refractivity contribution is -0.133. The van der Waals surface area contributed by atoms with Crippen LogP contribution < -0.4 is 5.73 Å². The van der Waals surface area contributed by atoms with Gasteiger partial charge in [0.1, 0.15) is 6.04 Å². The number of halogens is 1. The van der Waals surface area contributed by atoms with Gasteiger partial charge in [0.25, 0.3) is 0 Å². The van der Waals surface area contributed by atoms with E-state index in [2.05, 4.69) is 0 Å². The molecular formula is C7H15ClN2O2S. The minimum absolute atomic E-state index is 0. The van der Waals surface area contributed by atoms with Crippen molar-refractivity contribution in [1.82, 2.24) is 4.90 Å². The van der Waals surface area contributed by atoms with Gasteiger partial charge < -0.3 is 15.7 Å². The van der Waals surface area contributed by atoms with Crippen LogP contribution in [0.5, 0.6) is 0 Å². The van der Waals surface area contributed by atoms with Gasteiger partial charge in [0.05, 0.1) is 6.61 Å². The monoisotopic (exact) mass is 226 g/mol. The maximum atomic E-state index is 11.4. The van der Waals surface area contributed by atoms with Crippen LogP contribution in [0.1, 0.15) is 0 Å². The molecule has 3 N–H and O–H groups in total. The van der Waals surface area contributed by atoms with Crippen LogP contribution in [-0.2, 0) is 4.79 Å². The van der Waals surface area contributed by atoms with Gasteiger partial charge >= 0.3 is 0 Å². The highest BCUT2D eigenvalue weighted by atomic mass is 35.5. The van der Waals surface area contributed by atoms with Gasteiger partial charge in [0.2, 0.25) is 5.91 Å². The number of nitrogens with zero attached hydrogens (tertiary/aromatic N) is 1. The summed E-state index contributed by atoms with van der Waals surface area (Å²) in [6.45, 7) is 1.26. The first-order valence-electron chi connectivity index (χ1n) is 3.98. The van der Waals surface area contributed by atoms with Crippen LogP contribution in [0, 0.1) is 0 Å². The summed E-state index contributed by atoms with van der Waals surface area (Å²) in [6, 6.07) is -0.729. The van der Waals surface area contributed by atoms with Crippen molar-refractivity contribution in [2.75, 3.05) is 31.2 Å². The summed E-state index contributed by atoms with van der Waals surface area (Å²) in [5.74, 6) is 1.83. The van der Waals surface area contributed by atoms with E-state index in [1.54, 1.807) is 4.90 Å². The largest absolute Gasteiger partial charge is 0.394 e. The fraction of sp³-hybridized carbons (Fsp3) is 0.857. The van der Waals surface area contributed by atoms with Crippen molar-refractivity contribution >= 4 is 30.1 Å². The molecule has 0 spiro atoms. The number of rotatable bonds is 2. The number of thioether (sulfide) groups is 1. The number of aliphatic hydroxyl groups is 1. The molecule has 1 amide bonds. The zero-order chi connectivity index (χ0) is 8.97. The maximum absolute atomic E-state index is 11.4. The third-order valence-electron chi connectivity index (χ3n) is 1.84. The Morgan fingerprint density at radius 1 is 1.54 bits per heavy atom. The standard InChI is InChI=1S/C7H14N2O2S.ClH/c8-6(5-10)7(11)9-1-3-12-4-2-9;/h6,10H,1-5,8H2;1H. The molecule has 1 atom stereocenters.